The van der Waals surface area contributed by atoms with Crippen molar-refractivity contribution in [2.24, 2.45) is 0 Å². The fraction of sp³-hybridized carbons (Fsp3) is 0.417. The average molecular weight is 383 g/mol. The normalized spacial score (nSPS) is 17.5. The summed E-state index contributed by atoms with van der Waals surface area (Å²) in [4.78, 5) is 0. The zero-order valence-corrected chi connectivity index (χ0v) is 17.6. The second kappa shape index (κ2) is 7.51. The maximum absolute atomic E-state index is 10.6. The van der Waals surface area contributed by atoms with Crippen molar-refractivity contribution in [1.29, 1.82) is 0 Å². The number of aromatic hydroxyl groups is 1. The van der Waals surface area contributed by atoms with E-state index in [2.05, 4.69) is 26.8 Å². The monoisotopic (exact) mass is 382 g/mol. The SMILES string of the molecule is CC(C)=CCc1c(C)cc2c(c1Oc1cc(C)cc(O)c1)CC(O)C(C)(C)O2. The number of phenols is 1. The minimum atomic E-state index is -0.653. The number of allylic oxidation sites excluding steroid dienone is 2. The maximum Gasteiger partial charge on any atom is 0.138 e. The lowest BCUT2D eigenvalue weighted by molar-refractivity contribution is -0.0416. The lowest BCUT2D eigenvalue weighted by atomic mass is 9.87. The van der Waals surface area contributed by atoms with Crippen molar-refractivity contribution in [3.05, 3.63) is 58.2 Å². The van der Waals surface area contributed by atoms with Gasteiger partial charge in [-0.05, 0) is 77.3 Å². The van der Waals surface area contributed by atoms with Crippen LogP contribution < -0.4 is 9.47 Å². The Morgan fingerprint density at radius 2 is 1.93 bits per heavy atom. The fourth-order valence-electron chi connectivity index (χ4n) is 3.51. The van der Waals surface area contributed by atoms with Gasteiger partial charge in [0.05, 0.1) is 6.10 Å². The molecular weight excluding hydrogens is 352 g/mol. The molecular formula is C24H30O4. The smallest absolute Gasteiger partial charge is 0.138 e. The van der Waals surface area contributed by atoms with Crippen molar-refractivity contribution < 1.29 is 19.7 Å². The minimum absolute atomic E-state index is 0.166. The Kier molecular flexibility index (Phi) is 5.44. The fourth-order valence-corrected chi connectivity index (χ4v) is 3.51. The second-order valence-electron chi connectivity index (χ2n) is 8.50. The van der Waals surface area contributed by atoms with Crippen LogP contribution in [-0.4, -0.2) is 21.9 Å². The highest BCUT2D eigenvalue weighted by Gasteiger charge is 2.38. The predicted molar refractivity (Wildman–Crippen MR) is 112 cm³/mol. The lowest BCUT2D eigenvalue weighted by Gasteiger charge is -2.38. The molecule has 0 fully saturated rings. The van der Waals surface area contributed by atoms with Crippen LogP contribution in [0.4, 0.5) is 0 Å². The van der Waals surface area contributed by atoms with Crippen molar-refractivity contribution in [2.45, 2.75) is 66.1 Å². The van der Waals surface area contributed by atoms with E-state index < -0.39 is 11.7 Å². The molecule has 0 bridgehead atoms. The molecule has 0 amide bonds. The molecule has 1 aliphatic heterocycles. The number of ether oxygens (including phenoxy) is 2. The van der Waals surface area contributed by atoms with E-state index >= 15 is 0 Å². The summed E-state index contributed by atoms with van der Waals surface area (Å²) in [5.41, 5.74) is 4.51. The molecule has 150 valence electrons. The van der Waals surface area contributed by atoms with E-state index in [4.69, 9.17) is 9.47 Å². The van der Waals surface area contributed by atoms with Gasteiger partial charge in [0.2, 0.25) is 0 Å². The first kappa shape index (κ1) is 20.3. The van der Waals surface area contributed by atoms with Gasteiger partial charge in [-0.15, -0.1) is 0 Å². The first-order valence-corrected chi connectivity index (χ1v) is 9.71. The van der Waals surface area contributed by atoms with Crippen LogP contribution in [0.5, 0.6) is 23.0 Å². The van der Waals surface area contributed by atoms with E-state index in [0.717, 1.165) is 34.4 Å². The molecule has 2 aromatic carbocycles. The van der Waals surface area contributed by atoms with Gasteiger partial charge < -0.3 is 19.7 Å². The number of benzene rings is 2. The van der Waals surface area contributed by atoms with Gasteiger partial charge in [0.1, 0.15) is 28.6 Å². The first-order valence-electron chi connectivity index (χ1n) is 9.71. The third-order valence-corrected chi connectivity index (χ3v) is 5.21. The highest BCUT2D eigenvalue weighted by Crippen LogP contribution is 2.44. The molecule has 4 nitrogen and oxygen atoms in total. The van der Waals surface area contributed by atoms with Crippen molar-refractivity contribution in [1.82, 2.24) is 0 Å². The molecule has 2 N–H and O–H groups in total. The molecule has 1 atom stereocenters. The molecule has 0 aromatic heterocycles. The number of aliphatic hydroxyl groups excluding tert-OH is 1. The topological polar surface area (TPSA) is 58.9 Å². The van der Waals surface area contributed by atoms with Crippen LogP contribution in [0.25, 0.3) is 0 Å². The Hall–Kier alpha value is -2.46. The van der Waals surface area contributed by atoms with E-state index in [-0.39, 0.29) is 5.75 Å². The lowest BCUT2D eigenvalue weighted by Crippen LogP contribution is -2.46. The van der Waals surface area contributed by atoms with Gasteiger partial charge in [0.15, 0.2) is 0 Å². The largest absolute Gasteiger partial charge is 0.508 e. The van der Waals surface area contributed by atoms with E-state index in [1.807, 2.05) is 32.9 Å². The molecule has 1 heterocycles. The summed E-state index contributed by atoms with van der Waals surface area (Å²) in [6.07, 6.45) is 2.72. The van der Waals surface area contributed by atoms with E-state index in [9.17, 15) is 10.2 Å². The number of hydrogen-bond acceptors (Lipinski definition) is 4. The number of phenolic OH excluding ortho intramolecular Hbond substituents is 1. The summed E-state index contributed by atoms with van der Waals surface area (Å²) < 4.78 is 12.4. The molecule has 28 heavy (non-hydrogen) atoms. The zero-order valence-electron chi connectivity index (χ0n) is 17.6. The molecule has 4 heteroatoms. The molecule has 1 unspecified atom stereocenters. The highest BCUT2D eigenvalue weighted by molar-refractivity contribution is 5.58. The van der Waals surface area contributed by atoms with Gasteiger partial charge in [0.25, 0.3) is 0 Å². The third kappa shape index (κ3) is 4.17. The summed E-state index contributed by atoms with van der Waals surface area (Å²) in [6.45, 7) is 11.9. The maximum atomic E-state index is 10.6. The predicted octanol–water partition coefficient (Wildman–Crippen LogP) is 5.38. The molecule has 3 rings (SSSR count). The number of hydrogen-bond donors (Lipinski definition) is 2. The standard InChI is InChI=1S/C24H30O4/c1-14(2)7-8-19-16(4)11-21-20(13-22(26)24(5,6)28-21)23(19)27-18-10-15(3)9-17(25)12-18/h7,9-12,22,25-26H,8,13H2,1-6H3. The van der Waals surface area contributed by atoms with Crippen LogP contribution in [0.15, 0.2) is 35.9 Å². The number of aryl methyl sites for hydroxylation is 2. The summed E-state index contributed by atoms with van der Waals surface area (Å²) >= 11 is 0. The second-order valence-corrected chi connectivity index (χ2v) is 8.50. The Bertz CT molecular complexity index is 900. The Morgan fingerprint density at radius 3 is 2.57 bits per heavy atom. The number of rotatable bonds is 4. The Balaban J connectivity index is 2.15. The summed E-state index contributed by atoms with van der Waals surface area (Å²) in [5.74, 6) is 2.20. The van der Waals surface area contributed by atoms with Crippen LogP contribution >= 0.6 is 0 Å². The first-order chi connectivity index (χ1) is 13.1. The third-order valence-electron chi connectivity index (χ3n) is 5.21. The molecule has 2 aromatic rings. The van der Waals surface area contributed by atoms with Crippen LogP contribution in [0.3, 0.4) is 0 Å². The van der Waals surface area contributed by atoms with E-state index in [0.29, 0.717) is 17.9 Å². The minimum Gasteiger partial charge on any atom is -0.508 e. The molecule has 0 saturated heterocycles. The van der Waals surface area contributed by atoms with Crippen LogP contribution in [0, 0.1) is 13.8 Å². The van der Waals surface area contributed by atoms with Crippen molar-refractivity contribution in [3.8, 4) is 23.0 Å². The van der Waals surface area contributed by atoms with E-state index in [1.54, 1.807) is 12.1 Å². The van der Waals surface area contributed by atoms with Gasteiger partial charge >= 0.3 is 0 Å². The van der Waals surface area contributed by atoms with Gasteiger partial charge in [-0.3, -0.25) is 0 Å². The molecule has 0 radical (unpaired) electrons. The quantitative estimate of drug-likeness (QED) is 0.697. The van der Waals surface area contributed by atoms with Crippen LogP contribution in [-0.2, 0) is 12.8 Å². The average Bonchev–Trinajstić information content (AvgIpc) is 2.55. The van der Waals surface area contributed by atoms with E-state index in [1.165, 1.54) is 5.57 Å². The zero-order chi connectivity index (χ0) is 20.6. The summed E-state index contributed by atoms with van der Waals surface area (Å²) in [6, 6.07) is 7.23. The molecule has 0 aliphatic carbocycles. The van der Waals surface area contributed by atoms with Gasteiger partial charge in [-0.25, -0.2) is 0 Å². The number of aliphatic hydroxyl groups is 1. The molecule has 1 aliphatic rings. The summed E-state index contributed by atoms with van der Waals surface area (Å²) in [5, 5.41) is 20.6. The van der Waals surface area contributed by atoms with Crippen molar-refractivity contribution >= 4 is 0 Å². The van der Waals surface area contributed by atoms with Crippen LogP contribution in [0.2, 0.25) is 0 Å². The van der Waals surface area contributed by atoms with Crippen molar-refractivity contribution in [2.75, 3.05) is 0 Å². The summed E-state index contributed by atoms with van der Waals surface area (Å²) in [7, 11) is 0. The number of fused-ring (bicyclic) bond motifs is 1. The Morgan fingerprint density at radius 1 is 1.21 bits per heavy atom. The molecule has 0 spiro atoms. The van der Waals surface area contributed by atoms with Gasteiger partial charge in [0, 0.05) is 23.6 Å². The van der Waals surface area contributed by atoms with Crippen LogP contribution in [0.1, 0.15) is 49.9 Å². The molecule has 0 saturated carbocycles. The highest BCUT2D eigenvalue weighted by atomic mass is 16.5. The van der Waals surface area contributed by atoms with Gasteiger partial charge in [-0.1, -0.05) is 11.6 Å². The Labute approximate surface area is 167 Å². The van der Waals surface area contributed by atoms with Crippen molar-refractivity contribution in [3.63, 3.8) is 0 Å². The van der Waals surface area contributed by atoms with Gasteiger partial charge in [-0.2, -0.15) is 0 Å².